The van der Waals surface area contributed by atoms with Gasteiger partial charge in [-0.2, -0.15) is 0 Å². The normalized spacial score (nSPS) is 7.94. The number of aromatic hydroxyl groups is 2. The molecule has 2 aromatic heterocycles. The van der Waals surface area contributed by atoms with Gasteiger partial charge in [0.05, 0.1) is 37.6 Å². The second-order valence-electron chi connectivity index (χ2n) is 5.16. The van der Waals surface area contributed by atoms with Crippen LogP contribution in [-0.2, 0) is 26.4 Å². The third-order valence-corrected chi connectivity index (χ3v) is 3.64. The molecule has 12 N–H and O–H groups in total. The molecule has 0 amide bonds. The molecule has 0 aliphatic carbocycles. The number of hydrogen-bond acceptors (Lipinski definition) is 6. The summed E-state index contributed by atoms with van der Waals surface area (Å²) in [6.07, 6.45) is 3.14. The first kappa shape index (κ1) is 50.2. The van der Waals surface area contributed by atoms with Crippen LogP contribution in [0.5, 0.6) is 11.5 Å². The zero-order chi connectivity index (χ0) is 18.3. The summed E-state index contributed by atoms with van der Waals surface area (Å²) in [4.78, 5) is 5.55. The summed E-state index contributed by atoms with van der Waals surface area (Å²) in [5, 5.41) is 54.2. The molecule has 0 bridgehead atoms. The first-order valence-corrected chi connectivity index (χ1v) is 7.28. The average Bonchev–Trinajstić information content (AvgIpc) is 2.59. The van der Waals surface area contributed by atoms with Crippen molar-refractivity contribution in [2.75, 3.05) is 0 Å². The molecular weight excluding hydrogens is 522 g/mol. The minimum absolute atomic E-state index is 0. The maximum atomic E-state index is 9.41. The van der Waals surface area contributed by atoms with Gasteiger partial charge < -0.3 is 66.4 Å². The molecular formula is C16H28Cl2K2MgN2O8+2. The number of aliphatic hydroxyl groups is 4. The fraction of sp³-hybridized carbons (Fsp3) is 0.375. The van der Waals surface area contributed by atoms with Gasteiger partial charge in [-0.25, -0.2) is 9.97 Å². The molecule has 166 valence electrons. The minimum Gasteiger partial charge on any atom is -1.00 e. The number of aromatic amines is 2. The van der Waals surface area contributed by atoms with E-state index in [4.69, 9.17) is 20.4 Å². The molecule has 31 heavy (non-hydrogen) atoms. The van der Waals surface area contributed by atoms with Crippen LogP contribution in [0, 0.1) is 13.8 Å². The molecule has 15 heteroatoms. The van der Waals surface area contributed by atoms with Gasteiger partial charge in [0.15, 0.2) is 23.9 Å². The van der Waals surface area contributed by atoms with E-state index in [0.717, 1.165) is 0 Å². The second kappa shape index (κ2) is 26.9. The van der Waals surface area contributed by atoms with E-state index in [2.05, 4.69) is 9.97 Å². The third kappa shape index (κ3) is 15.1. The molecule has 0 spiro atoms. The van der Waals surface area contributed by atoms with Gasteiger partial charge in [-0.1, -0.05) is 0 Å². The fourth-order valence-electron chi connectivity index (χ4n) is 2.09. The molecule has 0 unspecified atom stereocenters. The Hall–Kier alpha value is 2.28. The van der Waals surface area contributed by atoms with Gasteiger partial charge in [-0.15, -0.1) is 0 Å². The Bertz CT molecular complexity index is 662. The number of aliphatic hydroxyl groups excluding tert-OH is 4. The summed E-state index contributed by atoms with van der Waals surface area (Å²) < 4.78 is 0. The van der Waals surface area contributed by atoms with Crippen LogP contribution in [0.2, 0.25) is 0 Å². The number of halogens is 2. The van der Waals surface area contributed by atoms with E-state index in [1.54, 1.807) is 26.2 Å². The summed E-state index contributed by atoms with van der Waals surface area (Å²) >= 11 is 0. The Morgan fingerprint density at radius 3 is 1.10 bits per heavy atom. The van der Waals surface area contributed by atoms with E-state index in [1.807, 2.05) is 0 Å². The Morgan fingerprint density at radius 1 is 0.645 bits per heavy atom. The zero-order valence-corrected chi connectivity index (χ0v) is 27.3. The minimum atomic E-state index is -0.267. The van der Waals surface area contributed by atoms with E-state index >= 15 is 0 Å². The van der Waals surface area contributed by atoms with Crippen LogP contribution in [0.25, 0.3) is 0 Å². The van der Waals surface area contributed by atoms with Crippen molar-refractivity contribution in [3.8, 4) is 11.5 Å². The standard InChI is InChI=1S/2C8H11NO3.2ClH.2K.Mg.2H2O/c2*1-5-8(12)7(4-11)6(3-10)2-9-5;;;;;;;/h2*2,10-12H,3-4H2,1H3;2*1H;;;;2*1H2/q;;;;;;+2;;. The zero-order valence-electron chi connectivity index (χ0n) is 18.1. The van der Waals surface area contributed by atoms with E-state index in [0.29, 0.717) is 33.6 Å². The topological polar surface area (TPSA) is 213 Å². The largest absolute Gasteiger partial charge is 2.00 e. The van der Waals surface area contributed by atoms with Gasteiger partial charge in [0.1, 0.15) is 0 Å². The molecule has 0 aromatic carbocycles. The van der Waals surface area contributed by atoms with Crippen molar-refractivity contribution in [1.29, 1.82) is 0 Å². The number of rotatable bonds is 4. The van der Waals surface area contributed by atoms with Crippen LogP contribution < -0.4 is 34.8 Å². The smallest absolute Gasteiger partial charge is 1.00 e. The van der Waals surface area contributed by atoms with Crippen molar-refractivity contribution in [1.82, 2.24) is 0 Å². The predicted octanol–water partition coefficient (Wildman–Crippen LogP) is -9.79. The van der Waals surface area contributed by atoms with Gasteiger partial charge >= 0.3 is 23.1 Å². The van der Waals surface area contributed by atoms with Gasteiger partial charge in [-0.3, -0.25) is 0 Å². The molecule has 0 aliphatic rings. The van der Waals surface area contributed by atoms with Crippen LogP contribution in [0.15, 0.2) is 12.4 Å². The van der Waals surface area contributed by atoms with Crippen LogP contribution >= 0.6 is 0 Å². The van der Waals surface area contributed by atoms with Crippen molar-refractivity contribution in [2.45, 2.75) is 40.3 Å². The number of hydrogen-bond donors (Lipinski definition) is 6. The summed E-state index contributed by atoms with van der Waals surface area (Å²) in [6, 6.07) is 0. The van der Waals surface area contributed by atoms with E-state index < -0.39 is 0 Å². The summed E-state index contributed by atoms with van der Waals surface area (Å²) in [6.45, 7) is 2.46. The first-order chi connectivity index (χ1) is 11.4. The van der Waals surface area contributed by atoms with Crippen LogP contribution in [0.1, 0.15) is 33.6 Å². The van der Waals surface area contributed by atoms with Crippen LogP contribution in [0.3, 0.4) is 0 Å². The van der Waals surface area contributed by atoms with Gasteiger partial charge in [-0.05, 0) is 0 Å². The number of nitrogens with one attached hydrogen (secondary N) is 2. The Balaban J connectivity index is -0.0000000606. The maximum Gasteiger partial charge on any atom is 2.00 e. The molecule has 0 saturated carbocycles. The maximum absolute atomic E-state index is 9.41. The van der Waals surface area contributed by atoms with Crippen molar-refractivity contribution in [3.05, 3.63) is 46.0 Å². The third-order valence-electron chi connectivity index (χ3n) is 3.64. The molecule has 10 nitrogen and oxygen atoms in total. The van der Waals surface area contributed by atoms with Gasteiger partial charge in [0.2, 0.25) is 11.4 Å². The number of aromatic nitrogens is 2. The molecule has 2 radical (unpaired) electrons. The molecule has 0 saturated heterocycles. The molecule has 0 atom stereocenters. The van der Waals surface area contributed by atoms with Gasteiger partial charge in [0, 0.05) is 128 Å². The summed E-state index contributed by atoms with van der Waals surface area (Å²) in [7, 11) is 0. The second-order valence-corrected chi connectivity index (χ2v) is 5.16. The van der Waals surface area contributed by atoms with E-state index in [9.17, 15) is 10.2 Å². The molecule has 2 rings (SSSR count). The van der Waals surface area contributed by atoms with Crippen molar-refractivity contribution in [2.24, 2.45) is 0 Å². The molecule has 2 aromatic rings. The SMILES string of the molecule is Cc1[nH+]cc(CO)c(CO)c1O.Cc1[nH+]cc(CO)c(CO)c1O.O.O.[Cl-].[Cl-].[K].[K].[Mg+2]. The molecule has 0 aliphatic heterocycles. The quantitative estimate of drug-likeness (QED) is 0.204. The first-order valence-electron chi connectivity index (χ1n) is 7.28. The van der Waals surface area contributed by atoms with E-state index in [1.165, 1.54) is 0 Å². The molecule has 2 heterocycles. The average molecular weight is 550 g/mol. The predicted molar refractivity (Wildman–Crippen MR) is 107 cm³/mol. The summed E-state index contributed by atoms with van der Waals surface area (Å²) in [5.74, 6) is 0.0353. The van der Waals surface area contributed by atoms with E-state index in [-0.39, 0.29) is 200 Å². The monoisotopic (exact) mass is 548 g/mol. The molecule has 0 fully saturated rings. The van der Waals surface area contributed by atoms with Crippen molar-refractivity contribution >= 4 is 126 Å². The number of aryl methyl sites for hydroxylation is 2. The summed E-state index contributed by atoms with van der Waals surface area (Å²) in [5.41, 5.74) is 2.95. The fourth-order valence-corrected chi connectivity index (χ4v) is 2.09. The van der Waals surface area contributed by atoms with Crippen molar-refractivity contribution in [3.63, 3.8) is 0 Å². The Morgan fingerprint density at radius 2 is 0.903 bits per heavy atom. The van der Waals surface area contributed by atoms with Crippen LogP contribution in [-0.4, -0.2) is 167 Å². The van der Waals surface area contributed by atoms with Crippen molar-refractivity contribution < 1.29 is 76.4 Å². The Labute approximate surface area is 294 Å². The number of pyridine rings is 2. The van der Waals surface area contributed by atoms with Crippen LogP contribution in [0.4, 0.5) is 0 Å². The Kier molecular flexibility index (Phi) is 43.5. The van der Waals surface area contributed by atoms with Gasteiger partial charge in [0.25, 0.3) is 0 Å². The number of H-pyrrole nitrogens is 2.